The first-order valence-electron chi connectivity index (χ1n) is 12.1. The maximum atomic E-state index is 13.5. The van der Waals surface area contributed by atoms with E-state index in [9.17, 15) is 21.6 Å². The summed E-state index contributed by atoms with van der Waals surface area (Å²) in [6.45, 7) is 7.85. The number of nitrogens with zero attached hydrogens (tertiary/aromatic N) is 2. The molecule has 0 atom stereocenters. The van der Waals surface area contributed by atoms with Crippen molar-refractivity contribution in [2.75, 3.05) is 29.3 Å². The van der Waals surface area contributed by atoms with Crippen LogP contribution in [0, 0.1) is 0 Å². The molecule has 3 aromatic carbocycles. The zero-order valence-corrected chi connectivity index (χ0v) is 23.1. The first-order chi connectivity index (χ1) is 17.5. The van der Waals surface area contributed by atoms with E-state index < -0.39 is 32.5 Å². The molecule has 0 bridgehead atoms. The van der Waals surface area contributed by atoms with Crippen molar-refractivity contribution in [3.63, 3.8) is 0 Å². The van der Waals surface area contributed by atoms with E-state index >= 15 is 0 Å². The number of benzene rings is 3. The Morgan fingerprint density at radius 1 is 0.757 bits per heavy atom. The van der Waals surface area contributed by atoms with Crippen LogP contribution in [0.15, 0.2) is 88.7 Å². The van der Waals surface area contributed by atoms with Crippen LogP contribution in [-0.4, -0.2) is 46.7 Å². The molecule has 0 fully saturated rings. The minimum atomic E-state index is -4.03. The topological polar surface area (TPSA) is 104 Å². The Morgan fingerprint density at radius 3 is 1.81 bits per heavy atom. The zero-order valence-electron chi connectivity index (χ0n) is 21.5. The summed E-state index contributed by atoms with van der Waals surface area (Å²) in [5, 5.41) is 2.68. The number of hydrogen-bond acceptors (Lipinski definition) is 5. The van der Waals surface area contributed by atoms with E-state index in [4.69, 9.17) is 0 Å². The normalized spacial score (nSPS) is 12.1. The van der Waals surface area contributed by atoms with Gasteiger partial charge in [-0.15, -0.1) is 0 Å². The van der Waals surface area contributed by atoms with Gasteiger partial charge < -0.3 is 5.32 Å². The minimum absolute atomic E-state index is 0.0710. The first-order valence-corrected chi connectivity index (χ1v) is 15.0. The van der Waals surface area contributed by atoms with Crippen molar-refractivity contribution in [3.8, 4) is 0 Å². The van der Waals surface area contributed by atoms with Crippen molar-refractivity contribution >= 4 is 37.3 Å². The Kier molecular flexibility index (Phi) is 9.12. The van der Waals surface area contributed by atoms with Crippen LogP contribution >= 0.6 is 0 Å². The lowest BCUT2D eigenvalue weighted by atomic mass is 10.0. The molecule has 0 spiro atoms. The molecule has 0 unspecified atom stereocenters. The highest BCUT2D eigenvalue weighted by Gasteiger charge is 2.27. The van der Waals surface area contributed by atoms with Crippen LogP contribution in [-0.2, 0) is 24.8 Å². The quantitative estimate of drug-likeness (QED) is 0.378. The number of hydrogen-bond donors (Lipinski definition) is 1. The molecule has 0 aliphatic carbocycles. The molecule has 1 N–H and O–H groups in total. The second-order valence-corrected chi connectivity index (χ2v) is 12.5. The van der Waals surface area contributed by atoms with Gasteiger partial charge in [-0.05, 0) is 60.0 Å². The highest BCUT2D eigenvalue weighted by atomic mass is 32.2. The van der Waals surface area contributed by atoms with E-state index in [1.807, 2.05) is 26.0 Å². The minimum Gasteiger partial charge on any atom is -0.325 e. The monoisotopic (exact) mass is 543 g/mol. The average molecular weight is 544 g/mol. The SMILES string of the molecule is CCN(CC)S(=O)(=O)c1ccc(NC(=O)CN(c2ccc(C(C)C)cc2)S(=O)(=O)c2ccccc2)cc1. The van der Waals surface area contributed by atoms with Crippen LogP contribution in [0.3, 0.4) is 0 Å². The van der Waals surface area contributed by atoms with Gasteiger partial charge >= 0.3 is 0 Å². The molecular weight excluding hydrogens is 510 g/mol. The summed E-state index contributed by atoms with van der Waals surface area (Å²) in [6, 6.07) is 20.8. The molecule has 0 aromatic heterocycles. The number of nitrogens with one attached hydrogen (secondary N) is 1. The van der Waals surface area contributed by atoms with E-state index in [1.54, 1.807) is 44.2 Å². The molecule has 8 nitrogen and oxygen atoms in total. The van der Waals surface area contributed by atoms with Gasteiger partial charge in [0.2, 0.25) is 15.9 Å². The predicted octanol–water partition coefficient (Wildman–Crippen LogP) is 4.67. The third kappa shape index (κ3) is 6.57. The van der Waals surface area contributed by atoms with Gasteiger partial charge in [0.15, 0.2) is 0 Å². The number of amides is 1. The van der Waals surface area contributed by atoms with Crippen molar-refractivity contribution in [1.82, 2.24) is 4.31 Å². The predicted molar refractivity (Wildman–Crippen MR) is 147 cm³/mol. The molecule has 0 aliphatic heterocycles. The van der Waals surface area contributed by atoms with Gasteiger partial charge in [-0.3, -0.25) is 9.10 Å². The van der Waals surface area contributed by atoms with Crippen molar-refractivity contribution < 1.29 is 21.6 Å². The summed E-state index contributed by atoms with van der Waals surface area (Å²) in [5.74, 6) is -0.295. The summed E-state index contributed by atoms with van der Waals surface area (Å²) in [6.07, 6.45) is 0. The maximum absolute atomic E-state index is 13.5. The highest BCUT2D eigenvalue weighted by Crippen LogP contribution is 2.26. The van der Waals surface area contributed by atoms with Gasteiger partial charge in [-0.25, -0.2) is 16.8 Å². The molecule has 0 saturated carbocycles. The molecule has 0 saturated heterocycles. The Morgan fingerprint density at radius 2 is 1.30 bits per heavy atom. The maximum Gasteiger partial charge on any atom is 0.264 e. The average Bonchev–Trinajstić information content (AvgIpc) is 2.88. The summed E-state index contributed by atoms with van der Waals surface area (Å²) >= 11 is 0. The van der Waals surface area contributed by atoms with Crippen molar-refractivity contribution in [1.29, 1.82) is 0 Å². The lowest BCUT2D eigenvalue weighted by Gasteiger charge is -2.24. The summed E-state index contributed by atoms with van der Waals surface area (Å²) < 4.78 is 54.8. The second kappa shape index (κ2) is 11.9. The third-order valence-electron chi connectivity index (χ3n) is 5.95. The fraction of sp³-hybridized carbons (Fsp3) is 0.296. The van der Waals surface area contributed by atoms with E-state index in [0.29, 0.717) is 24.5 Å². The number of sulfonamides is 2. The highest BCUT2D eigenvalue weighted by molar-refractivity contribution is 7.92. The summed E-state index contributed by atoms with van der Waals surface area (Å²) in [5.41, 5.74) is 1.77. The Balaban J connectivity index is 1.86. The number of anilines is 2. The molecule has 3 rings (SSSR count). The summed E-state index contributed by atoms with van der Waals surface area (Å²) in [4.78, 5) is 13.2. The van der Waals surface area contributed by atoms with Crippen LogP contribution in [0.25, 0.3) is 0 Å². The number of rotatable bonds is 11. The Bertz CT molecular complexity index is 1400. The Labute approximate surface area is 220 Å². The van der Waals surface area contributed by atoms with Crippen LogP contribution in [0.2, 0.25) is 0 Å². The van der Waals surface area contributed by atoms with Gasteiger partial charge in [0.25, 0.3) is 10.0 Å². The lowest BCUT2D eigenvalue weighted by Crippen LogP contribution is -2.38. The van der Waals surface area contributed by atoms with Crippen molar-refractivity contribution in [3.05, 3.63) is 84.4 Å². The molecule has 0 radical (unpaired) electrons. The molecule has 3 aromatic rings. The molecule has 10 heteroatoms. The zero-order chi connectivity index (χ0) is 27.2. The molecule has 1 amide bonds. The second-order valence-electron chi connectivity index (χ2n) is 8.73. The van der Waals surface area contributed by atoms with Crippen LogP contribution in [0.4, 0.5) is 11.4 Å². The Hall–Kier alpha value is -3.21. The van der Waals surface area contributed by atoms with E-state index in [0.717, 1.165) is 9.87 Å². The van der Waals surface area contributed by atoms with E-state index in [2.05, 4.69) is 5.32 Å². The number of carbonyl (C=O) groups is 1. The first kappa shape index (κ1) is 28.4. The largest absolute Gasteiger partial charge is 0.325 e. The van der Waals surface area contributed by atoms with Crippen LogP contribution < -0.4 is 9.62 Å². The molecule has 198 valence electrons. The lowest BCUT2D eigenvalue weighted by molar-refractivity contribution is -0.114. The van der Waals surface area contributed by atoms with Crippen molar-refractivity contribution in [2.24, 2.45) is 0 Å². The van der Waals surface area contributed by atoms with Gasteiger partial charge in [0.1, 0.15) is 6.54 Å². The summed E-state index contributed by atoms with van der Waals surface area (Å²) in [7, 11) is -7.66. The van der Waals surface area contributed by atoms with Gasteiger partial charge in [0.05, 0.1) is 15.5 Å². The van der Waals surface area contributed by atoms with Gasteiger partial charge in [-0.1, -0.05) is 58.0 Å². The van der Waals surface area contributed by atoms with E-state index in [1.165, 1.54) is 40.7 Å². The number of carbonyl (C=O) groups excluding carboxylic acids is 1. The van der Waals surface area contributed by atoms with Gasteiger partial charge in [0, 0.05) is 18.8 Å². The fourth-order valence-electron chi connectivity index (χ4n) is 3.81. The smallest absolute Gasteiger partial charge is 0.264 e. The van der Waals surface area contributed by atoms with E-state index in [-0.39, 0.29) is 15.7 Å². The third-order valence-corrected chi connectivity index (χ3v) is 9.80. The fourth-order valence-corrected chi connectivity index (χ4v) is 6.71. The molecular formula is C27H33N3O5S2. The molecule has 0 aliphatic rings. The molecule has 37 heavy (non-hydrogen) atoms. The van der Waals surface area contributed by atoms with Gasteiger partial charge in [-0.2, -0.15) is 4.31 Å². The molecule has 0 heterocycles. The van der Waals surface area contributed by atoms with Crippen LogP contribution in [0.1, 0.15) is 39.2 Å². The standard InChI is InChI=1S/C27H33N3O5S2/c1-5-29(6-2)36(32,33)26-18-14-23(15-19-26)28-27(31)20-30(24-16-12-22(13-17-24)21(3)4)37(34,35)25-10-8-7-9-11-25/h7-19,21H,5-6,20H2,1-4H3,(H,28,31). The van der Waals surface area contributed by atoms with Crippen molar-refractivity contribution in [2.45, 2.75) is 43.4 Å². The van der Waals surface area contributed by atoms with Crippen LogP contribution in [0.5, 0.6) is 0 Å².